The molecule has 2 nitrogen and oxygen atoms in total. The van der Waals surface area contributed by atoms with Crippen LogP contribution in [0.3, 0.4) is 0 Å². The van der Waals surface area contributed by atoms with Gasteiger partial charge in [0.05, 0.1) is 5.71 Å². The first-order valence-corrected chi connectivity index (χ1v) is 6.60. The van der Waals surface area contributed by atoms with E-state index in [9.17, 15) is 0 Å². The standard InChI is InChI=1S/C15H19NO/c17-16-14-8-10-15(9-4-5-12(14)11-15)13-6-2-1-3-7-13/h1-3,6-7,12,17H,4-5,8-11H2/b16-14-/t12-,15-/m0/s1. The molecular formula is C15H19NO. The molecule has 1 aromatic rings. The fourth-order valence-electron chi connectivity index (χ4n) is 3.78. The predicted molar refractivity (Wildman–Crippen MR) is 68.5 cm³/mol. The summed E-state index contributed by atoms with van der Waals surface area (Å²) < 4.78 is 0. The molecular weight excluding hydrogens is 210 g/mol. The average Bonchev–Trinajstić information content (AvgIpc) is 2.40. The SMILES string of the molecule is O/N=C1/CC[C@@]2(c3ccccc3)CCC[C@H]1C2. The Balaban J connectivity index is 1.94. The van der Waals surface area contributed by atoms with Gasteiger partial charge in [-0.05, 0) is 43.1 Å². The van der Waals surface area contributed by atoms with E-state index in [0.717, 1.165) is 18.6 Å². The minimum Gasteiger partial charge on any atom is -0.411 e. The fourth-order valence-corrected chi connectivity index (χ4v) is 3.78. The van der Waals surface area contributed by atoms with Gasteiger partial charge >= 0.3 is 0 Å². The maximum Gasteiger partial charge on any atom is 0.0602 e. The van der Waals surface area contributed by atoms with E-state index in [2.05, 4.69) is 35.5 Å². The molecule has 2 saturated carbocycles. The highest BCUT2D eigenvalue weighted by atomic mass is 16.4. The van der Waals surface area contributed by atoms with Gasteiger partial charge in [0.1, 0.15) is 0 Å². The van der Waals surface area contributed by atoms with Crippen molar-refractivity contribution in [3.8, 4) is 0 Å². The Labute approximate surface area is 102 Å². The Hall–Kier alpha value is -1.31. The lowest BCUT2D eigenvalue weighted by Gasteiger charge is -2.46. The Morgan fingerprint density at radius 2 is 2.00 bits per heavy atom. The van der Waals surface area contributed by atoms with Gasteiger partial charge in [-0.2, -0.15) is 0 Å². The zero-order valence-electron chi connectivity index (χ0n) is 10.1. The Kier molecular flexibility index (Phi) is 2.65. The highest BCUT2D eigenvalue weighted by Crippen LogP contribution is 2.49. The molecule has 0 heterocycles. The van der Waals surface area contributed by atoms with E-state index in [1.165, 1.54) is 31.2 Å². The third-order valence-electron chi connectivity index (χ3n) is 4.69. The summed E-state index contributed by atoms with van der Waals surface area (Å²) in [6, 6.07) is 10.9. The van der Waals surface area contributed by atoms with Gasteiger partial charge < -0.3 is 5.21 Å². The van der Waals surface area contributed by atoms with Crippen LogP contribution < -0.4 is 0 Å². The van der Waals surface area contributed by atoms with Gasteiger partial charge in [0.15, 0.2) is 0 Å². The zero-order chi connectivity index (χ0) is 11.7. The van der Waals surface area contributed by atoms with Gasteiger partial charge in [0, 0.05) is 5.92 Å². The minimum absolute atomic E-state index is 0.359. The molecule has 2 fully saturated rings. The van der Waals surface area contributed by atoms with Gasteiger partial charge in [-0.3, -0.25) is 0 Å². The highest BCUT2D eigenvalue weighted by Gasteiger charge is 2.43. The molecule has 2 bridgehead atoms. The lowest BCUT2D eigenvalue weighted by molar-refractivity contribution is 0.214. The number of hydrogen-bond donors (Lipinski definition) is 1. The van der Waals surface area contributed by atoms with E-state index in [1.54, 1.807) is 0 Å². The first-order chi connectivity index (χ1) is 8.34. The van der Waals surface area contributed by atoms with Crippen LogP contribution in [0.5, 0.6) is 0 Å². The van der Waals surface area contributed by atoms with Crippen molar-refractivity contribution in [1.82, 2.24) is 0 Å². The molecule has 3 rings (SSSR count). The number of oxime groups is 1. The monoisotopic (exact) mass is 229 g/mol. The molecule has 0 spiro atoms. The molecule has 0 amide bonds. The van der Waals surface area contributed by atoms with Crippen molar-refractivity contribution < 1.29 is 5.21 Å². The van der Waals surface area contributed by atoms with Crippen molar-refractivity contribution in [2.45, 2.75) is 43.9 Å². The van der Waals surface area contributed by atoms with Crippen LogP contribution in [-0.2, 0) is 5.41 Å². The van der Waals surface area contributed by atoms with Crippen molar-refractivity contribution in [1.29, 1.82) is 0 Å². The quantitative estimate of drug-likeness (QED) is 0.577. The molecule has 2 aliphatic rings. The second-order valence-electron chi connectivity index (χ2n) is 5.53. The fraction of sp³-hybridized carbons (Fsp3) is 0.533. The molecule has 1 aromatic carbocycles. The molecule has 1 N–H and O–H groups in total. The Morgan fingerprint density at radius 1 is 1.18 bits per heavy atom. The van der Waals surface area contributed by atoms with Crippen molar-refractivity contribution in [3.63, 3.8) is 0 Å². The maximum atomic E-state index is 9.05. The molecule has 0 saturated heterocycles. The van der Waals surface area contributed by atoms with Crippen LogP contribution in [0, 0.1) is 5.92 Å². The van der Waals surface area contributed by atoms with Crippen LogP contribution in [0.4, 0.5) is 0 Å². The predicted octanol–water partition coefficient (Wildman–Crippen LogP) is 3.74. The topological polar surface area (TPSA) is 32.6 Å². The Morgan fingerprint density at radius 3 is 2.76 bits per heavy atom. The van der Waals surface area contributed by atoms with Crippen LogP contribution in [0.25, 0.3) is 0 Å². The summed E-state index contributed by atoms with van der Waals surface area (Å²) in [6.07, 6.45) is 7.05. The molecule has 90 valence electrons. The van der Waals surface area contributed by atoms with Crippen molar-refractivity contribution in [2.24, 2.45) is 11.1 Å². The third-order valence-corrected chi connectivity index (χ3v) is 4.69. The molecule has 17 heavy (non-hydrogen) atoms. The van der Waals surface area contributed by atoms with E-state index < -0.39 is 0 Å². The molecule has 0 aliphatic heterocycles. The van der Waals surface area contributed by atoms with E-state index in [0.29, 0.717) is 11.3 Å². The molecule has 2 heteroatoms. The molecule has 0 radical (unpaired) electrons. The van der Waals surface area contributed by atoms with Crippen LogP contribution in [0.1, 0.15) is 44.1 Å². The number of fused-ring (bicyclic) bond motifs is 2. The van der Waals surface area contributed by atoms with E-state index in [-0.39, 0.29) is 0 Å². The van der Waals surface area contributed by atoms with E-state index in [1.807, 2.05) is 0 Å². The van der Waals surface area contributed by atoms with Gasteiger partial charge in [0.25, 0.3) is 0 Å². The Bertz CT molecular complexity index is 426. The van der Waals surface area contributed by atoms with E-state index >= 15 is 0 Å². The summed E-state index contributed by atoms with van der Waals surface area (Å²) in [7, 11) is 0. The smallest absolute Gasteiger partial charge is 0.0602 e. The number of hydrogen-bond acceptors (Lipinski definition) is 2. The minimum atomic E-state index is 0.359. The summed E-state index contributed by atoms with van der Waals surface area (Å²) in [5.41, 5.74) is 2.89. The summed E-state index contributed by atoms with van der Waals surface area (Å²) >= 11 is 0. The van der Waals surface area contributed by atoms with Crippen LogP contribution in [-0.4, -0.2) is 10.9 Å². The molecule has 2 aliphatic carbocycles. The van der Waals surface area contributed by atoms with Crippen LogP contribution in [0.2, 0.25) is 0 Å². The van der Waals surface area contributed by atoms with Gasteiger partial charge in [-0.1, -0.05) is 41.9 Å². The molecule has 0 unspecified atom stereocenters. The first kappa shape index (κ1) is 10.8. The van der Waals surface area contributed by atoms with Gasteiger partial charge in [-0.15, -0.1) is 0 Å². The zero-order valence-corrected chi connectivity index (χ0v) is 10.1. The van der Waals surface area contributed by atoms with E-state index in [4.69, 9.17) is 5.21 Å². The molecule has 0 aromatic heterocycles. The summed E-state index contributed by atoms with van der Waals surface area (Å²) in [5.74, 6) is 0.516. The second kappa shape index (κ2) is 4.17. The van der Waals surface area contributed by atoms with Crippen LogP contribution in [0.15, 0.2) is 35.5 Å². The normalized spacial score (nSPS) is 34.8. The maximum absolute atomic E-state index is 9.05. The highest BCUT2D eigenvalue weighted by molar-refractivity contribution is 5.87. The van der Waals surface area contributed by atoms with Crippen molar-refractivity contribution >= 4 is 5.71 Å². The largest absolute Gasteiger partial charge is 0.411 e. The summed E-state index contributed by atoms with van der Waals surface area (Å²) in [4.78, 5) is 0. The lowest BCUT2D eigenvalue weighted by atomic mass is 9.58. The average molecular weight is 229 g/mol. The third kappa shape index (κ3) is 1.76. The second-order valence-corrected chi connectivity index (χ2v) is 5.53. The van der Waals surface area contributed by atoms with Crippen molar-refractivity contribution in [3.05, 3.63) is 35.9 Å². The summed E-state index contributed by atoms with van der Waals surface area (Å²) in [5, 5.41) is 12.6. The van der Waals surface area contributed by atoms with Gasteiger partial charge in [0.2, 0.25) is 0 Å². The number of nitrogens with zero attached hydrogens (tertiary/aromatic N) is 1. The van der Waals surface area contributed by atoms with Crippen LogP contribution >= 0.6 is 0 Å². The first-order valence-electron chi connectivity index (χ1n) is 6.60. The molecule has 2 atom stereocenters. The number of benzene rings is 1. The van der Waals surface area contributed by atoms with Gasteiger partial charge in [-0.25, -0.2) is 0 Å². The number of rotatable bonds is 1. The summed E-state index contributed by atoms with van der Waals surface area (Å²) in [6.45, 7) is 0. The lowest BCUT2D eigenvalue weighted by Crippen LogP contribution is -2.41. The van der Waals surface area contributed by atoms with Crippen molar-refractivity contribution in [2.75, 3.05) is 0 Å².